The number of rotatable bonds is 9. The van der Waals surface area contributed by atoms with Gasteiger partial charge < -0.3 is 24.6 Å². The Morgan fingerprint density at radius 3 is 2.58 bits per heavy atom. The fourth-order valence-electron chi connectivity index (χ4n) is 2.24. The second-order valence-corrected chi connectivity index (χ2v) is 6.16. The molecule has 1 aromatic carbocycles. The highest BCUT2D eigenvalue weighted by atomic mass is 32.1. The molecule has 0 radical (unpaired) electrons. The van der Waals surface area contributed by atoms with Crippen LogP contribution in [0.15, 0.2) is 23.6 Å². The minimum absolute atomic E-state index is 0.0166. The number of aromatic nitrogens is 1. The van der Waals surface area contributed by atoms with Crippen molar-refractivity contribution >= 4 is 23.2 Å². The summed E-state index contributed by atoms with van der Waals surface area (Å²) in [6.07, 6.45) is -0.0166. The van der Waals surface area contributed by atoms with Crippen LogP contribution >= 0.6 is 11.3 Å². The zero-order chi connectivity index (χ0) is 19.1. The fourth-order valence-corrected chi connectivity index (χ4v) is 3.06. The van der Waals surface area contributed by atoms with Crippen molar-refractivity contribution in [2.24, 2.45) is 0 Å². The third-order valence-electron chi connectivity index (χ3n) is 3.49. The summed E-state index contributed by atoms with van der Waals surface area (Å²) in [5.41, 5.74) is 1.39. The molecule has 0 aliphatic rings. The van der Waals surface area contributed by atoms with Crippen molar-refractivity contribution in [3.05, 3.63) is 29.3 Å². The molecule has 140 valence electrons. The SMILES string of the molecule is COCC(NC(=O)Cc1csc(-c2ccc(OC)c(OC)c2)n1)C(=O)O. The highest BCUT2D eigenvalue weighted by Crippen LogP contribution is 2.33. The van der Waals surface area contributed by atoms with Gasteiger partial charge in [0.15, 0.2) is 17.5 Å². The molecule has 0 fully saturated rings. The monoisotopic (exact) mass is 380 g/mol. The highest BCUT2D eigenvalue weighted by Gasteiger charge is 2.20. The highest BCUT2D eigenvalue weighted by molar-refractivity contribution is 7.13. The van der Waals surface area contributed by atoms with Gasteiger partial charge in [-0.1, -0.05) is 0 Å². The first-order valence-corrected chi connectivity index (χ1v) is 8.54. The Balaban J connectivity index is 2.08. The molecular formula is C17H20N2O6S. The summed E-state index contributed by atoms with van der Waals surface area (Å²) in [7, 11) is 4.49. The van der Waals surface area contributed by atoms with E-state index in [-0.39, 0.29) is 13.0 Å². The van der Waals surface area contributed by atoms with Gasteiger partial charge in [-0.3, -0.25) is 4.79 Å². The summed E-state index contributed by atoms with van der Waals surface area (Å²) in [5.74, 6) is -0.378. The quantitative estimate of drug-likeness (QED) is 0.680. The molecule has 0 bridgehead atoms. The number of nitrogens with one attached hydrogen (secondary N) is 1. The molecule has 2 rings (SSSR count). The lowest BCUT2D eigenvalue weighted by atomic mass is 10.2. The lowest BCUT2D eigenvalue weighted by Crippen LogP contribution is -2.44. The Kier molecular flexibility index (Phi) is 6.93. The van der Waals surface area contributed by atoms with Crippen molar-refractivity contribution < 1.29 is 28.9 Å². The first-order valence-electron chi connectivity index (χ1n) is 7.66. The number of aliphatic carboxylic acids is 1. The van der Waals surface area contributed by atoms with Gasteiger partial charge in [0.25, 0.3) is 0 Å². The molecule has 1 atom stereocenters. The summed E-state index contributed by atoms with van der Waals surface area (Å²) in [6.45, 7) is -0.102. The van der Waals surface area contributed by atoms with E-state index in [2.05, 4.69) is 10.3 Å². The maximum Gasteiger partial charge on any atom is 0.328 e. The first kappa shape index (κ1) is 19.7. The van der Waals surface area contributed by atoms with Crippen LogP contribution in [0.2, 0.25) is 0 Å². The van der Waals surface area contributed by atoms with Crippen LogP contribution < -0.4 is 14.8 Å². The van der Waals surface area contributed by atoms with Gasteiger partial charge >= 0.3 is 5.97 Å². The van der Waals surface area contributed by atoms with Gasteiger partial charge in [0.2, 0.25) is 5.91 Å². The zero-order valence-corrected chi connectivity index (χ0v) is 15.5. The van der Waals surface area contributed by atoms with Crippen LogP contribution in [-0.4, -0.2) is 55.9 Å². The molecule has 2 N–H and O–H groups in total. The second kappa shape index (κ2) is 9.16. The van der Waals surface area contributed by atoms with Crippen molar-refractivity contribution in [2.45, 2.75) is 12.5 Å². The molecule has 0 aliphatic carbocycles. The summed E-state index contributed by atoms with van der Waals surface area (Å²) in [6, 6.07) is 4.35. The number of thiazole rings is 1. The maximum atomic E-state index is 12.0. The van der Waals surface area contributed by atoms with Crippen molar-refractivity contribution in [3.63, 3.8) is 0 Å². The van der Waals surface area contributed by atoms with E-state index in [1.165, 1.54) is 18.4 Å². The van der Waals surface area contributed by atoms with E-state index >= 15 is 0 Å². The first-order chi connectivity index (χ1) is 12.5. The fraction of sp³-hybridized carbons (Fsp3) is 0.353. The van der Waals surface area contributed by atoms with E-state index < -0.39 is 17.9 Å². The van der Waals surface area contributed by atoms with Gasteiger partial charge in [-0.25, -0.2) is 9.78 Å². The predicted octanol–water partition coefficient (Wildman–Crippen LogP) is 1.59. The summed E-state index contributed by atoms with van der Waals surface area (Å²) < 4.78 is 15.3. The summed E-state index contributed by atoms with van der Waals surface area (Å²) in [4.78, 5) is 27.5. The van der Waals surface area contributed by atoms with E-state index in [1.54, 1.807) is 31.7 Å². The van der Waals surface area contributed by atoms with Crippen LogP contribution in [0.25, 0.3) is 10.6 Å². The molecule has 1 aromatic heterocycles. The third kappa shape index (κ3) is 4.93. The largest absolute Gasteiger partial charge is 0.493 e. The van der Waals surface area contributed by atoms with Gasteiger partial charge in [0, 0.05) is 18.1 Å². The average Bonchev–Trinajstić information content (AvgIpc) is 3.08. The Morgan fingerprint density at radius 1 is 1.23 bits per heavy atom. The number of hydrogen-bond acceptors (Lipinski definition) is 7. The van der Waals surface area contributed by atoms with Crippen LogP contribution in [0.3, 0.4) is 0 Å². The minimum atomic E-state index is -1.15. The Hall–Kier alpha value is -2.65. The number of carboxylic acids is 1. The molecule has 1 amide bonds. The van der Waals surface area contributed by atoms with Gasteiger partial charge in [-0.05, 0) is 18.2 Å². The molecule has 26 heavy (non-hydrogen) atoms. The van der Waals surface area contributed by atoms with Crippen molar-refractivity contribution in [1.29, 1.82) is 0 Å². The Morgan fingerprint density at radius 2 is 1.96 bits per heavy atom. The zero-order valence-electron chi connectivity index (χ0n) is 14.6. The number of hydrogen-bond donors (Lipinski definition) is 2. The Bertz CT molecular complexity index is 776. The number of carbonyl (C=O) groups excluding carboxylic acids is 1. The topological polar surface area (TPSA) is 107 Å². The van der Waals surface area contributed by atoms with Gasteiger partial charge in [-0.15, -0.1) is 11.3 Å². The number of carbonyl (C=O) groups is 2. The van der Waals surface area contributed by atoms with E-state index in [0.29, 0.717) is 17.2 Å². The number of nitrogens with zero attached hydrogens (tertiary/aromatic N) is 1. The second-order valence-electron chi connectivity index (χ2n) is 5.30. The minimum Gasteiger partial charge on any atom is -0.493 e. The third-order valence-corrected chi connectivity index (χ3v) is 4.43. The smallest absolute Gasteiger partial charge is 0.328 e. The molecule has 0 aliphatic heterocycles. The molecule has 2 aromatic rings. The number of amides is 1. The lowest BCUT2D eigenvalue weighted by Gasteiger charge is -2.12. The van der Waals surface area contributed by atoms with Crippen LogP contribution in [0.1, 0.15) is 5.69 Å². The van der Waals surface area contributed by atoms with Gasteiger partial charge in [0.1, 0.15) is 5.01 Å². The van der Waals surface area contributed by atoms with Crippen LogP contribution in [0, 0.1) is 0 Å². The van der Waals surface area contributed by atoms with Crippen molar-refractivity contribution in [3.8, 4) is 22.1 Å². The molecular weight excluding hydrogens is 360 g/mol. The molecule has 0 saturated carbocycles. The average molecular weight is 380 g/mol. The molecule has 8 nitrogen and oxygen atoms in total. The maximum absolute atomic E-state index is 12.0. The van der Waals surface area contributed by atoms with Crippen LogP contribution in [-0.2, 0) is 20.7 Å². The number of benzene rings is 1. The standard InChI is InChI=1S/C17H20N2O6S/c1-23-8-12(17(21)22)19-15(20)7-11-9-26-16(18-11)10-4-5-13(24-2)14(6-10)25-3/h4-6,9,12H,7-8H2,1-3H3,(H,19,20)(H,21,22). The number of carboxylic acid groups (broad SMARTS) is 1. The van der Waals surface area contributed by atoms with E-state index in [9.17, 15) is 9.59 Å². The van der Waals surface area contributed by atoms with Gasteiger partial charge in [-0.2, -0.15) is 0 Å². The number of methoxy groups -OCH3 is 3. The summed E-state index contributed by atoms with van der Waals surface area (Å²) >= 11 is 1.38. The van der Waals surface area contributed by atoms with Crippen LogP contribution in [0.4, 0.5) is 0 Å². The Labute approximate surface area is 154 Å². The molecule has 0 spiro atoms. The van der Waals surface area contributed by atoms with Crippen molar-refractivity contribution in [1.82, 2.24) is 10.3 Å². The number of ether oxygens (including phenoxy) is 3. The van der Waals surface area contributed by atoms with Gasteiger partial charge in [0.05, 0.1) is 32.9 Å². The summed E-state index contributed by atoms with van der Waals surface area (Å²) in [5, 5.41) is 13.9. The molecule has 1 heterocycles. The van der Waals surface area contributed by atoms with E-state index in [0.717, 1.165) is 10.6 Å². The van der Waals surface area contributed by atoms with Crippen LogP contribution in [0.5, 0.6) is 11.5 Å². The normalized spacial score (nSPS) is 11.7. The molecule has 9 heteroatoms. The predicted molar refractivity (Wildman–Crippen MR) is 95.8 cm³/mol. The molecule has 1 unspecified atom stereocenters. The van der Waals surface area contributed by atoms with E-state index in [4.69, 9.17) is 19.3 Å². The van der Waals surface area contributed by atoms with Crippen molar-refractivity contribution in [2.75, 3.05) is 27.9 Å². The lowest BCUT2D eigenvalue weighted by molar-refractivity contribution is -0.143. The molecule has 0 saturated heterocycles. The van der Waals surface area contributed by atoms with E-state index in [1.807, 2.05) is 6.07 Å².